The van der Waals surface area contributed by atoms with Crippen LogP contribution in [0.5, 0.6) is 0 Å². The van der Waals surface area contributed by atoms with E-state index >= 15 is 0 Å². The standard InChI is InChI=1S/C13H18F3N3O2S/c14-13(15,16)11-3-1-4-12(18-11)17-5-2-6-19-7-9-22(20,21)10-8-19/h1,3-4H,2,5-10H2,(H,17,18). The summed E-state index contributed by atoms with van der Waals surface area (Å²) in [5, 5.41) is 2.86. The Morgan fingerprint density at radius 3 is 2.55 bits per heavy atom. The summed E-state index contributed by atoms with van der Waals surface area (Å²) in [4.78, 5) is 5.56. The topological polar surface area (TPSA) is 62.3 Å². The number of sulfone groups is 1. The average Bonchev–Trinajstić information content (AvgIpc) is 2.44. The Bertz CT molecular complexity index is 591. The van der Waals surface area contributed by atoms with E-state index in [2.05, 4.69) is 10.3 Å². The molecule has 0 bridgehead atoms. The van der Waals surface area contributed by atoms with E-state index in [9.17, 15) is 21.6 Å². The number of nitrogens with zero attached hydrogens (tertiary/aromatic N) is 2. The van der Waals surface area contributed by atoms with Crippen LogP contribution < -0.4 is 5.32 Å². The van der Waals surface area contributed by atoms with Gasteiger partial charge in [-0.15, -0.1) is 0 Å². The lowest BCUT2D eigenvalue weighted by Gasteiger charge is -2.26. The van der Waals surface area contributed by atoms with Gasteiger partial charge in [0.25, 0.3) is 0 Å². The first-order valence-corrected chi connectivity index (χ1v) is 8.79. The summed E-state index contributed by atoms with van der Waals surface area (Å²) in [6.07, 6.45) is -3.74. The van der Waals surface area contributed by atoms with Crippen LogP contribution in [-0.4, -0.2) is 56.0 Å². The van der Waals surface area contributed by atoms with E-state index in [1.54, 1.807) is 0 Å². The molecule has 0 amide bonds. The largest absolute Gasteiger partial charge is 0.433 e. The third-order valence-corrected chi connectivity index (χ3v) is 5.04. The highest BCUT2D eigenvalue weighted by molar-refractivity contribution is 7.91. The lowest BCUT2D eigenvalue weighted by atomic mass is 10.3. The molecule has 0 spiro atoms. The van der Waals surface area contributed by atoms with Gasteiger partial charge in [-0.3, -0.25) is 0 Å². The number of rotatable bonds is 5. The van der Waals surface area contributed by atoms with Crippen molar-refractivity contribution >= 4 is 15.7 Å². The van der Waals surface area contributed by atoms with Crippen LogP contribution in [0.1, 0.15) is 12.1 Å². The van der Waals surface area contributed by atoms with Gasteiger partial charge in [-0.1, -0.05) is 6.07 Å². The zero-order valence-corrected chi connectivity index (χ0v) is 12.8. The number of alkyl halides is 3. The lowest BCUT2D eigenvalue weighted by molar-refractivity contribution is -0.141. The maximum absolute atomic E-state index is 12.5. The van der Waals surface area contributed by atoms with Gasteiger partial charge < -0.3 is 10.2 Å². The van der Waals surface area contributed by atoms with Crippen LogP contribution in [0.15, 0.2) is 18.2 Å². The minimum Gasteiger partial charge on any atom is -0.370 e. The molecule has 1 aliphatic rings. The minimum atomic E-state index is -4.45. The lowest BCUT2D eigenvalue weighted by Crippen LogP contribution is -2.41. The number of nitrogens with one attached hydrogen (secondary N) is 1. The van der Waals surface area contributed by atoms with Crippen LogP contribution in [-0.2, 0) is 16.0 Å². The molecule has 2 heterocycles. The fourth-order valence-corrected chi connectivity index (χ4v) is 3.46. The highest BCUT2D eigenvalue weighted by Crippen LogP contribution is 2.28. The third kappa shape index (κ3) is 5.13. The van der Waals surface area contributed by atoms with Gasteiger partial charge >= 0.3 is 6.18 Å². The number of hydrogen-bond acceptors (Lipinski definition) is 5. The van der Waals surface area contributed by atoms with Crippen molar-refractivity contribution in [1.82, 2.24) is 9.88 Å². The van der Waals surface area contributed by atoms with Gasteiger partial charge in [0.05, 0.1) is 11.5 Å². The molecular formula is C13H18F3N3O2S. The molecule has 2 rings (SSSR count). The number of pyridine rings is 1. The third-order valence-electron chi connectivity index (χ3n) is 3.43. The Kier molecular flexibility index (Phi) is 5.28. The first kappa shape index (κ1) is 17.0. The van der Waals surface area contributed by atoms with Crippen LogP contribution in [0, 0.1) is 0 Å². The van der Waals surface area contributed by atoms with Crippen molar-refractivity contribution in [3.8, 4) is 0 Å². The molecule has 5 nitrogen and oxygen atoms in total. The Morgan fingerprint density at radius 2 is 1.91 bits per heavy atom. The molecular weight excluding hydrogens is 319 g/mol. The van der Waals surface area contributed by atoms with E-state index in [-0.39, 0.29) is 17.3 Å². The van der Waals surface area contributed by atoms with Gasteiger partial charge in [-0.2, -0.15) is 13.2 Å². The van der Waals surface area contributed by atoms with Crippen molar-refractivity contribution in [1.29, 1.82) is 0 Å². The molecule has 0 atom stereocenters. The molecule has 0 aromatic carbocycles. The molecule has 22 heavy (non-hydrogen) atoms. The van der Waals surface area contributed by atoms with Crippen LogP contribution in [0.25, 0.3) is 0 Å². The predicted octanol–water partition coefficient (Wildman–Crippen LogP) is 1.63. The summed E-state index contributed by atoms with van der Waals surface area (Å²) in [5.74, 6) is 0.543. The van der Waals surface area contributed by atoms with Crippen LogP contribution >= 0.6 is 0 Å². The molecule has 1 aromatic rings. The SMILES string of the molecule is O=S1(=O)CCN(CCCNc2cccc(C(F)(F)F)n2)CC1. The molecule has 1 aromatic heterocycles. The first-order chi connectivity index (χ1) is 10.3. The number of aromatic nitrogens is 1. The molecule has 1 N–H and O–H groups in total. The van der Waals surface area contributed by atoms with E-state index in [0.29, 0.717) is 32.6 Å². The van der Waals surface area contributed by atoms with Gasteiger partial charge in [0, 0.05) is 19.6 Å². The summed E-state index contributed by atoms with van der Waals surface area (Å²) in [6.45, 7) is 2.23. The fourth-order valence-electron chi connectivity index (χ4n) is 2.18. The van der Waals surface area contributed by atoms with Gasteiger partial charge in [-0.05, 0) is 25.1 Å². The summed E-state index contributed by atoms with van der Waals surface area (Å²) in [7, 11) is -2.88. The molecule has 0 unspecified atom stereocenters. The van der Waals surface area contributed by atoms with Crippen LogP contribution in [0.4, 0.5) is 19.0 Å². The second-order valence-electron chi connectivity index (χ2n) is 5.18. The normalized spacial score (nSPS) is 19.0. The van der Waals surface area contributed by atoms with Gasteiger partial charge in [-0.25, -0.2) is 13.4 Å². The molecule has 0 radical (unpaired) electrons. The summed E-state index contributed by atoms with van der Waals surface area (Å²) in [5.41, 5.74) is -0.918. The van der Waals surface area contributed by atoms with Gasteiger partial charge in [0.15, 0.2) is 9.84 Å². The summed E-state index contributed by atoms with van der Waals surface area (Å²) < 4.78 is 60.1. The van der Waals surface area contributed by atoms with E-state index in [1.165, 1.54) is 12.1 Å². The fraction of sp³-hybridized carbons (Fsp3) is 0.615. The van der Waals surface area contributed by atoms with Crippen molar-refractivity contribution in [3.05, 3.63) is 23.9 Å². The smallest absolute Gasteiger partial charge is 0.370 e. The molecule has 124 valence electrons. The number of anilines is 1. The summed E-state index contributed by atoms with van der Waals surface area (Å²) in [6, 6.07) is 3.73. The Morgan fingerprint density at radius 1 is 1.23 bits per heavy atom. The quantitative estimate of drug-likeness (QED) is 0.828. The monoisotopic (exact) mass is 337 g/mol. The molecule has 0 saturated carbocycles. The van der Waals surface area contributed by atoms with Crippen LogP contribution in [0.3, 0.4) is 0 Å². The zero-order valence-electron chi connectivity index (χ0n) is 11.9. The van der Waals surface area contributed by atoms with Crippen molar-refractivity contribution in [3.63, 3.8) is 0 Å². The maximum atomic E-state index is 12.5. The average molecular weight is 337 g/mol. The van der Waals surface area contributed by atoms with E-state index in [1.807, 2.05) is 4.90 Å². The highest BCUT2D eigenvalue weighted by Gasteiger charge is 2.32. The van der Waals surface area contributed by atoms with Crippen molar-refractivity contribution in [2.24, 2.45) is 0 Å². The second kappa shape index (κ2) is 6.82. The minimum absolute atomic E-state index is 0.176. The highest BCUT2D eigenvalue weighted by atomic mass is 32.2. The van der Waals surface area contributed by atoms with Crippen molar-refractivity contribution < 1.29 is 21.6 Å². The van der Waals surface area contributed by atoms with Gasteiger partial charge in [0.1, 0.15) is 11.5 Å². The molecule has 1 fully saturated rings. The molecule has 1 aliphatic heterocycles. The van der Waals surface area contributed by atoms with Crippen molar-refractivity contribution in [2.45, 2.75) is 12.6 Å². The van der Waals surface area contributed by atoms with Gasteiger partial charge in [0.2, 0.25) is 0 Å². The first-order valence-electron chi connectivity index (χ1n) is 6.97. The Hall–Kier alpha value is -1.35. The van der Waals surface area contributed by atoms with E-state index in [0.717, 1.165) is 6.07 Å². The van der Waals surface area contributed by atoms with E-state index < -0.39 is 21.7 Å². The number of hydrogen-bond donors (Lipinski definition) is 1. The summed E-state index contributed by atoms with van der Waals surface area (Å²) >= 11 is 0. The van der Waals surface area contributed by atoms with Crippen molar-refractivity contribution in [2.75, 3.05) is 43.0 Å². The molecule has 1 saturated heterocycles. The van der Waals surface area contributed by atoms with Crippen LogP contribution in [0.2, 0.25) is 0 Å². The molecule has 9 heteroatoms. The zero-order chi connectivity index (χ0) is 16.2. The Labute approximate surface area is 127 Å². The maximum Gasteiger partial charge on any atom is 0.433 e. The predicted molar refractivity (Wildman–Crippen MR) is 77.4 cm³/mol. The van der Waals surface area contributed by atoms with E-state index in [4.69, 9.17) is 0 Å². The second-order valence-corrected chi connectivity index (χ2v) is 7.48. The number of halogens is 3. The Balaban J connectivity index is 1.73. The molecule has 0 aliphatic carbocycles.